The molecule has 22 nitrogen and oxygen atoms in total. The predicted molar refractivity (Wildman–Crippen MR) is 298 cm³/mol. The number of oxime groups is 1. The van der Waals surface area contributed by atoms with E-state index in [-0.39, 0.29) is 91.5 Å². The number of aliphatic hydroxyl groups excluding tert-OH is 2. The highest BCUT2D eigenvalue weighted by molar-refractivity contribution is 6.32. The summed E-state index contributed by atoms with van der Waals surface area (Å²) < 4.78 is 58.1. The Kier molecular flexibility index (Phi) is 22.3. The summed E-state index contributed by atoms with van der Waals surface area (Å²) in [7, 11) is 5.16. The maximum Gasteiger partial charge on any atom is 0.341 e. The number of carbonyl (C=O) groups excluding carboxylic acids is 2. The molecule has 5 N–H and O–H groups in total. The Labute approximate surface area is 480 Å². The summed E-state index contributed by atoms with van der Waals surface area (Å²) in [6, 6.07) is 2.73. The van der Waals surface area contributed by atoms with Crippen LogP contribution < -0.4 is 10.2 Å². The van der Waals surface area contributed by atoms with Gasteiger partial charge in [0.1, 0.15) is 47.4 Å². The van der Waals surface area contributed by atoms with Crippen LogP contribution in [-0.4, -0.2) is 190 Å². The fraction of sp³-hybridized carbons (Fsp3) is 0.776. The van der Waals surface area contributed by atoms with Crippen molar-refractivity contribution in [3.63, 3.8) is 0 Å². The highest BCUT2D eigenvalue weighted by atomic mass is 35.5. The lowest BCUT2D eigenvalue weighted by atomic mass is 9.73. The Bertz CT molecular complexity index is 2570. The molecule has 2 aromatic rings. The first-order chi connectivity index (χ1) is 37.9. The van der Waals surface area contributed by atoms with Crippen LogP contribution >= 0.6 is 11.6 Å². The standard InChI is InChI=1S/C58H90ClN3O19/c1-16-43-58(12,71)50(66)32(6)46(60-81-29(2)3)30(4)26-56(10,70)51(80-55-48(65)41(61(13)14)23-31(5)75-55)33(7)49(34(8)54(69)77-43)79-45-27-57(11,72-15)52(35(9)76-45)78-44(63)19-20-73-21-22-74-42-24-37-40(25-39(42)59)62(36-17-18-36)28-38(47(37)64)53(67)68/h24-25,28-36,41,43,45,48-52,55,65-66,70-71H,16-23,26-27H2,1-15H3,(H,67,68)/b60-46+/t30-,31-,32+,33+,34-,35+,41+,43-,45+,48-,49?,50+,51-,52+,55+,56-,57-,58-/m1/s1. The minimum Gasteiger partial charge on any atom is -0.490 e. The number of cyclic esters (lactones) is 1. The number of ether oxygens (including phenoxy) is 9. The first-order valence-corrected chi connectivity index (χ1v) is 28.8. The molecule has 23 heteroatoms. The van der Waals surface area contributed by atoms with Crippen molar-refractivity contribution >= 4 is 46.1 Å². The summed E-state index contributed by atoms with van der Waals surface area (Å²) in [4.78, 5) is 60.8. The lowest BCUT2D eigenvalue weighted by Crippen LogP contribution is -2.61. The van der Waals surface area contributed by atoms with Gasteiger partial charge in [-0.15, -0.1) is 0 Å². The topological polar surface area (TPSA) is 282 Å². The predicted octanol–water partition coefficient (Wildman–Crippen LogP) is 6.04. The maximum absolute atomic E-state index is 14.7. The third-order valence-electron chi connectivity index (χ3n) is 16.6. The molecular formula is C58H90ClN3O19. The van der Waals surface area contributed by atoms with Crippen LogP contribution in [-0.2, 0) is 52.3 Å². The average Bonchev–Trinajstić information content (AvgIpc) is 4.42. The molecule has 0 amide bonds. The van der Waals surface area contributed by atoms with E-state index in [0.29, 0.717) is 17.6 Å². The molecular weight excluding hydrogens is 1080 g/mol. The molecule has 6 rings (SSSR count). The molecule has 1 saturated carbocycles. The molecule has 81 heavy (non-hydrogen) atoms. The maximum atomic E-state index is 14.7. The molecule has 458 valence electrons. The second-order valence-corrected chi connectivity index (χ2v) is 24.4. The first kappa shape index (κ1) is 66.1. The molecule has 0 radical (unpaired) electrons. The molecule has 4 heterocycles. The molecule has 0 bridgehead atoms. The highest BCUT2D eigenvalue weighted by Crippen LogP contribution is 2.43. The number of carboxylic acid groups (broad SMARTS) is 1. The monoisotopic (exact) mass is 1170 g/mol. The lowest BCUT2D eigenvalue weighted by molar-refractivity contribution is -0.318. The van der Waals surface area contributed by atoms with Crippen LogP contribution in [0.2, 0.25) is 5.02 Å². The zero-order chi connectivity index (χ0) is 60.2. The number of rotatable bonds is 19. The van der Waals surface area contributed by atoms with Crippen LogP contribution in [0.3, 0.4) is 0 Å². The van der Waals surface area contributed by atoms with Crippen LogP contribution in [0.4, 0.5) is 0 Å². The van der Waals surface area contributed by atoms with Crippen LogP contribution in [0.25, 0.3) is 10.9 Å². The number of aromatic carboxylic acids is 1. The van der Waals surface area contributed by atoms with Gasteiger partial charge >= 0.3 is 17.9 Å². The number of hydrogen-bond acceptors (Lipinski definition) is 20. The number of methoxy groups -OCH3 is 1. The minimum absolute atomic E-state index is 0.00962. The van der Waals surface area contributed by atoms with Gasteiger partial charge in [-0.1, -0.05) is 44.5 Å². The normalized spacial score (nSPS) is 37.0. The molecule has 0 spiro atoms. The smallest absolute Gasteiger partial charge is 0.341 e. The zero-order valence-corrected chi connectivity index (χ0v) is 50.5. The van der Waals surface area contributed by atoms with Gasteiger partial charge in [0.2, 0.25) is 5.43 Å². The van der Waals surface area contributed by atoms with Crippen molar-refractivity contribution in [2.75, 3.05) is 41.0 Å². The van der Waals surface area contributed by atoms with Crippen LogP contribution in [0, 0.1) is 23.7 Å². The second kappa shape index (κ2) is 27.3. The van der Waals surface area contributed by atoms with Gasteiger partial charge in [0.05, 0.1) is 83.3 Å². The van der Waals surface area contributed by atoms with Crippen molar-refractivity contribution in [2.45, 2.75) is 224 Å². The minimum atomic E-state index is -2.00. The van der Waals surface area contributed by atoms with E-state index >= 15 is 0 Å². The van der Waals surface area contributed by atoms with Crippen molar-refractivity contribution in [2.24, 2.45) is 28.8 Å². The van der Waals surface area contributed by atoms with E-state index in [1.54, 1.807) is 72.9 Å². The molecule has 18 atom stereocenters. The number of pyridine rings is 1. The summed E-state index contributed by atoms with van der Waals surface area (Å²) in [5.74, 6) is -6.12. The van der Waals surface area contributed by atoms with E-state index in [9.17, 15) is 44.7 Å². The fourth-order valence-electron chi connectivity index (χ4n) is 11.9. The Hall–Kier alpha value is -4.04. The van der Waals surface area contributed by atoms with Gasteiger partial charge in [0.25, 0.3) is 0 Å². The van der Waals surface area contributed by atoms with E-state index in [1.807, 2.05) is 32.8 Å². The van der Waals surface area contributed by atoms with Crippen molar-refractivity contribution in [1.82, 2.24) is 9.47 Å². The zero-order valence-electron chi connectivity index (χ0n) is 49.8. The number of benzene rings is 1. The van der Waals surface area contributed by atoms with Gasteiger partial charge in [-0.05, 0) is 114 Å². The van der Waals surface area contributed by atoms with Crippen molar-refractivity contribution in [1.29, 1.82) is 0 Å². The Balaban J connectivity index is 1.20. The van der Waals surface area contributed by atoms with Gasteiger partial charge in [0.15, 0.2) is 18.7 Å². The van der Waals surface area contributed by atoms with Gasteiger partial charge in [-0.3, -0.25) is 14.4 Å². The molecule has 4 fully saturated rings. The van der Waals surface area contributed by atoms with Gasteiger partial charge in [0, 0.05) is 49.6 Å². The van der Waals surface area contributed by atoms with Crippen molar-refractivity contribution < 1.29 is 87.4 Å². The van der Waals surface area contributed by atoms with Crippen LogP contribution in [0.5, 0.6) is 5.75 Å². The summed E-state index contributed by atoms with van der Waals surface area (Å²) >= 11 is 6.56. The third-order valence-corrected chi connectivity index (χ3v) is 16.9. The number of aromatic nitrogens is 1. The SMILES string of the molecule is CC[C@H]1OC(=O)[C@H](C)C(O[C@H]2C[C@@](C)(OC)[C@@H](OC(=O)CCOCCOc3cc4c(=O)c(C(=O)O)cn(C5CC5)c4cc3Cl)[C@H](C)O2)[C@H](C)[C@@H](O[C@@H]2O[C@H](C)C[C@H](N(C)C)[C@H]2O)[C@](C)(O)C[C@@H](C)/C(=N\OC(C)C)[C@H](C)[C@H](O)[C@]1(C)O. The van der Waals surface area contributed by atoms with E-state index in [2.05, 4.69) is 5.16 Å². The van der Waals surface area contributed by atoms with Crippen molar-refractivity contribution in [3.8, 4) is 5.75 Å². The number of aliphatic hydroxyl groups is 4. The number of esters is 2. The van der Waals surface area contributed by atoms with E-state index in [1.165, 1.54) is 26.3 Å². The Morgan fingerprint density at radius 2 is 1.62 bits per heavy atom. The summed E-state index contributed by atoms with van der Waals surface area (Å²) in [5.41, 5.74) is -5.19. The molecule has 3 aliphatic heterocycles. The quantitative estimate of drug-likeness (QED) is 0.0609. The van der Waals surface area contributed by atoms with Gasteiger partial charge in [-0.25, -0.2) is 4.79 Å². The number of carbonyl (C=O) groups is 3. The fourth-order valence-corrected chi connectivity index (χ4v) is 12.1. The van der Waals surface area contributed by atoms with Crippen LogP contribution in [0.15, 0.2) is 28.3 Å². The summed E-state index contributed by atoms with van der Waals surface area (Å²) in [5, 5.41) is 63.5. The summed E-state index contributed by atoms with van der Waals surface area (Å²) in [6.07, 6.45) is -7.79. The number of carboxylic acids is 1. The molecule has 1 aromatic heterocycles. The van der Waals surface area contributed by atoms with Gasteiger partial charge in [-0.2, -0.15) is 0 Å². The number of fused-ring (bicyclic) bond motifs is 1. The van der Waals surface area contributed by atoms with Crippen molar-refractivity contribution in [3.05, 3.63) is 39.1 Å². The molecule has 1 aromatic carbocycles. The largest absolute Gasteiger partial charge is 0.490 e. The molecule has 3 saturated heterocycles. The Morgan fingerprint density at radius 1 is 0.938 bits per heavy atom. The number of halogens is 1. The van der Waals surface area contributed by atoms with E-state index in [4.69, 9.17) is 59.1 Å². The second-order valence-electron chi connectivity index (χ2n) is 24.0. The number of nitrogens with zero attached hydrogens (tertiary/aromatic N) is 3. The van der Waals surface area contributed by atoms with Crippen LogP contribution in [0.1, 0.15) is 144 Å². The first-order valence-electron chi connectivity index (χ1n) is 28.5. The lowest BCUT2D eigenvalue weighted by Gasteiger charge is -2.49. The average molecular weight is 1170 g/mol. The summed E-state index contributed by atoms with van der Waals surface area (Å²) in [6.45, 7) is 20.4. The number of likely N-dealkylation sites (N-methyl/N-ethyl adjacent to an activating group) is 1. The Morgan fingerprint density at radius 3 is 2.22 bits per heavy atom. The molecule has 1 aliphatic carbocycles. The third kappa shape index (κ3) is 15.5. The molecule has 1 unspecified atom stereocenters. The van der Waals surface area contributed by atoms with E-state index in [0.717, 1.165) is 12.8 Å². The molecule has 4 aliphatic rings. The number of hydrogen-bond donors (Lipinski definition) is 5. The van der Waals surface area contributed by atoms with E-state index < -0.39 is 119 Å². The highest BCUT2D eigenvalue weighted by Gasteiger charge is 2.54. The van der Waals surface area contributed by atoms with Gasteiger partial charge < -0.3 is 82.5 Å².